The molecule has 0 aliphatic heterocycles. The smallest absolute Gasteiger partial charge is 0.157 e. The van der Waals surface area contributed by atoms with Gasteiger partial charge in [0.1, 0.15) is 0 Å². The highest BCUT2D eigenvalue weighted by Gasteiger charge is 2.15. The molecule has 2 heterocycles. The SMILES string of the molecule is Cc1ccc(C(CN)n2cc(OC(C)C)cn2)s1. The summed E-state index contributed by atoms with van der Waals surface area (Å²) in [5.74, 6) is 0.789. The molecule has 0 aliphatic carbocycles. The second-order valence-corrected chi connectivity index (χ2v) is 5.84. The van der Waals surface area contributed by atoms with Crippen LogP contribution in [0.1, 0.15) is 29.6 Å². The van der Waals surface area contributed by atoms with Crippen LogP contribution in [0.2, 0.25) is 0 Å². The number of nitrogens with two attached hydrogens (primary N) is 1. The van der Waals surface area contributed by atoms with Gasteiger partial charge < -0.3 is 10.5 Å². The first-order chi connectivity index (χ1) is 8.60. The molecule has 1 unspecified atom stereocenters. The molecule has 1 atom stereocenters. The van der Waals surface area contributed by atoms with Crippen LogP contribution >= 0.6 is 11.3 Å². The van der Waals surface area contributed by atoms with Gasteiger partial charge in [0, 0.05) is 16.3 Å². The van der Waals surface area contributed by atoms with E-state index < -0.39 is 0 Å². The van der Waals surface area contributed by atoms with Crippen LogP contribution in [0.5, 0.6) is 5.75 Å². The maximum Gasteiger partial charge on any atom is 0.157 e. The molecular weight excluding hydrogens is 246 g/mol. The summed E-state index contributed by atoms with van der Waals surface area (Å²) in [7, 11) is 0. The molecule has 2 aromatic rings. The Morgan fingerprint density at radius 2 is 2.22 bits per heavy atom. The quantitative estimate of drug-likeness (QED) is 0.904. The van der Waals surface area contributed by atoms with Crippen molar-refractivity contribution in [1.82, 2.24) is 9.78 Å². The van der Waals surface area contributed by atoms with Crippen LogP contribution in [0, 0.1) is 6.92 Å². The lowest BCUT2D eigenvalue weighted by molar-refractivity contribution is 0.242. The van der Waals surface area contributed by atoms with E-state index >= 15 is 0 Å². The fraction of sp³-hybridized carbons (Fsp3) is 0.462. The summed E-state index contributed by atoms with van der Waals surface area (Å²) in [5, 5.41) is 4.34. The van der Waals surface area contributed by atoms with E-state index in [2.05, 4.69) is 24.2 Å². The molecule has 2 rings (SSSR count). The number of aryl methyl sites for hydroxylation is 1. The number of ether oxygens (including phenoxy) is 1. The third kappa shape index (κ3) is 2.91. The second-order valence-electron chi connectivity index (χ2n) is 4.52. The number of hydrogen-bond acceptors (Lipinski definition) is 4. The third-order valence-electron chi connectivity index (χ3n) is 2.58. The summed E-state index contributed by atoms with van der Waals surface area (Å²) in [6.45, 7) is 6.63. The lowest BCUT2D eigenvalue weighted by atomic mass is 10.2. The minimum Gasteiger partial charge on any atom is -0.488 e. The highest BCUT2D eigenvalue weighted by molar-refractivity contribution is 7.12. The van der Waals surface area contributed by atoms with Crippen molar-refractivity contribution in [3.05, 3.63) is 34.3 Å². The number of thiophene rings is 1. The molecule has 0 aliphatic rings. The molecule has 0 fully saturated rings. The zero-order valence-electron chi connectivity index (χ0n) is 11.0. The molecule has 18 heavy (non-hydrogen) atoms. The second kappa shape index (κ2) is 5.54. The number of hydrogen-bond donors (Lipinski definition) is 1. The highest BCUT2D eigenvalue weighted by atomic mass is 32.1. The fourth-order valence-electron chi connectivity index (χ4n) is 1.81. The van der Waals surface area contributed by atoms with Gasteiger partial charge in [0.2, 0.25) is 0 Å². The molecule has 2 aromatic heterocycles. The standard InChI is InChI=1S/C13H19N3OS/c1-9(2)17-11-7-15-16(8-11)12(6-14)13-5-4-10(3)18-13/h4-5,7-9,12H,6,14H2,1-3H3. The first-order valence-electron chi connectivity index (χ1n) is 6.07. The van der Waals surface area contributed by atoms with Gasteiger partial charge in [-0.05, 0) is 32.9 Å². The van der Waals surface area contributed by atoms with E-state index in [0.717, 1.165) is 5.75 Å². The first kappa shape index (κ1) is 13.1. The van der Waals surface area contributed by atoms with Crippen molar-refractivity contribution in [3.8, 4) is 5.75 Å². The van der Waals surface area contributed by atoms with E-state index in [0.29, 0.717) is 6.54 Å². The molecule has 0 bridgehead atoms. The molecule has 0 aromatic carbocycles. The summed E-state index contributed by atoms with van der Waals surface area (Å²) in [6.07, 6.45) is 3.80. The molecule has 5 heteroatoms. The van der Waals surface area contributed by atoms with E-state index in [1.54, 1.807) is 17.5 Å². The van der Waals surface area contributed by atoms with Crippen molar-refractivity contribution in [1.29, 1.82) is 0 Å². The van der Waals surface area contributed by atoms with Crippen molar-refractivity contribution in [2.24, 2.45) is 5.73 Å². The minimum atomic E-state index is 0.0909. The molecule has 0 saturated heterocycles. The Bertz CT molecular complexity index is 504. The van der Waals surface area contributed by atoms with Gasteiger partial charge in [0.15, 0.2) is 5.75 Å². The van der Waals surface area contributed by atoms with E-state index in [1.807, 2.05) is 24.7 Å². The number of rotatable bonds is 5. The van der Waals surface area contributed by atoms with Gasteiger partial charge in [-0.3, -0.25) is 4.68 Å². The van der Waals surface area contributed by atoms with E-state index in [4.69, 9.17) is 10.5 Å². The van der Waals surface area contributed by atoms with Gasteiger partial charge in [-0.15, -0.1) is 11.3 Å². The molecular formula is C13H19N3OS. The largest absolute Gasteiger partial charge is 0.488 e. The maximum absolute atomic E-state index is 5.86. The minimum absolute atomic E-state index is 0.0909. The van der Waals surface area contributed by atoms with E-state index in [1.165, 1.54) is 9.75 Å². The van der Waals surface area contributed by atoms with Gasteiger partial charge in [-0.25, -0.2) is 0 Å². The van der Waals surface area contributed by atoms with Gasteiger partial charge in [0.25, 0.3) is 0 Å². The molecule has 98 valence electrons. The van der Waals surface area contributed by atoms with Crippen LogP contribution in [0.15, 0.2) is 24.5 Å². The van der Waals surface area contributed by atoms with Crippen molar-refractivity contribution in [3.63, 3.8) is 0 Å². The molecule has 0 radical (unpaired) electrons. The average Bonchev–Trinajstić information content (AvgIpc) is 2.89. The zero-order valence-corrected chi connectivity index (χ0v) is 11.8. The van der Waals surface area contributed by atoms with Crippen molar-refractivity contribution in [2.45, 2.75) is 32.9 Å². The number of nitrogens with zero attached hydrogens (tertiary/aromatic N) is 2. The van der Waals surface area contributed by atoms with Crippen LogP contribution in [0.4, 0.5) is 0 Å². The van der Waals surface area contributed by atoms with Crippen molar-refractivity contribution < 1.29 is 4.74 Å². The van der Waals surface area contributed by atoms with E-state index in [-0.39, 0.29) is 12.1 Å². The normalized spacial score (nSPS) is 12.9. The Kier molecular flexibility index (Phi) is 4.04. The predicted octanol–water partition coefficient (Wildman–Crippen LogP) is 2.59. The first-order valence-corrected chi connectivity index (χ1v) is 6.89. The van der Waals surface area contributed by atoms with Crippen LogP contribution in [-0.4, -0.2) is 22.4 Å². The topological polar surface area (TPSA) is 53.1 Å². The summed E-state index contributed by atoms with van der Waals surface area (Å²) >= 11 is 1.76. The van der Waals surface area contributed by atoms with Gasteiger partial charge in [-0.2, -0.15) is 5.10 Å². The molecule has 0 amide bonds. The molecule has 0 spiro atoms. The highest BCUT2D eigenvalue weighted by Crippen LogP contribution is 2.26. The number of aromatic nitrogens is 2. The van der Waals surface area contributed by atoms with Gasteiger partial charge >= 0.3 is 0 Å². The summed E-state index contributed by atoms with van der Waals surface area (Å²) in [4.78, 5) is 2.52. The summed E-state index contributed by atoms with van der Waals surface area (Å²) < 4.78 is 7.49. The maximum atomic E-state index is 5.86. The van der Waals surface area contributed by atoms with Crippen molar-refractivity contribution >= 4 is 11.3 Å². The molecule has 0 saturated carbocycles. The Morgan fingerprint density at radius 1 is 1.44 bits per heavy atom. The molecule has 2 N–H and O–H groups in total. The van der Waals surface area contributed by atoms with E-state index in [9.17, 15) is 0 Å². The Balaban J connectivity index is 2.20. The lowest BCUT2D eigenvalue weighted by Crippen LogP contribution is -2.19. The monoisotopic (exact) mass is 265 g/mol. The van der Waals surface area contributed by atoms with Crippen LogP contribution in [-0.2, 0) is 0 Å². The zero-order chi connectivity index (χ0) is 13.1. The van der Waals surface area contributed by atoms with Crippen molar-refractivity contribution in [2.75, 3.05) is 6.54 Å². The van der Waals surface area contributed by atoms with Crippen LogP contribution in [0.3, 0.4) is 0 Å². The Morgan fingerprint density at radius 3 is 2.78 bits per heavy atom. The predicted molar refractivity (Wildman–Crippen MR) is 74.2 cm³/mol. The third-order valence-corrected chi connectivity index (χ3v) is 3.68. The average molecular weight is 265 g/mol. The Hall–Kier alpha value is -1.33. The van der Waals surface area contributed by atoms with Crippen LogP contribution in [0.25, 0.3) is 0 Å². The fourth-order valence-corrected chi connectivity index (χ4v) is 2.80. The lowest BCUT2D eigenvalue weighted by Gasteiger charge is -2.13. The van der Waals surface area contributed by atoms with Gasteiger partial charge in [-0.1, -0.05) is 0 Å². The van der Waals surface area contributed by atoms with Gasteiger partial charge in [0.05, 0.1) is 24.5 Å². The Labute approximate surface area is 111 Å². The summed E-state index contributed by atoms with van der Waals surface area (Å²) in [6, 6.07) is 4.31. The summed E-state index contributed by atoms with van der Waals surface area (Å²) in [5.41, 5.74) is 5.86. The molecule has 4 nitrogen and oxygen atoms in total. The van der Waals surface area contributed by atoms with Crippen LogP contribution < -0.4 is 10.5 Å².